The molecule has 1 aliphatic heterocycles. The highest BCUT2D eigenvalue weighted by Gasteiger charge is 2.21. The molecular formula is C23H25N7O2. The third-order valence-electron chi connectivity index (χ3n) is 5.57. The Morgan fingerprint density at radius 3 is 3.00 bits per heavy atom. The maximum atomic E-state index is 11.7. The number of carbonyl (C=O) groups is 1. The molecule has 32 heavy (non-hydrogen) atoms. The summed E-state index contributed by atoms with van der Waals surface area (Å²) in [5.41, 5.74) is 9.53. The molecule has 0 spiro atoms. The van der Waals surface area contributed by atoms with E-state index in [-0.39, 0.29) is 12.5 Å². The number of hydrogen-bond donors (Lipinski definition) is 2. The summed E-state index contributed by atoms with van der Waals surface area (Å²) in [4.78, 5) is 20.7. The van der Waals surface area contributed by atoms with Crippen molar-refractivity contribution < 1.29 is 9.53 Å². The zero-order valence-corrected chi connectivity index (χ0v) is 18.1. The van der Waals surface area contributed by atoms with Gasteiger partial charge in [0.25, 0.3) is 0 Å². The molecule has 3 aromatic rings. The van der Waals surface area contributed by atoms with Crippen LogP contribution in [-0.4, -0.2) is 38.4 Å². The van der Waals surface area contributed by atoms with E-state index in [1.807, 2.05) is 17.8 Å². The lowest BCUT2D eigenvalue weighted by molar-refractivity contribution is 0.00351. The molecule has 164 valence electrons. The summed E-state index contributed by atoms with van der Waals surface area (Å²) in [6.45, 7) is 4.73. The fraction of sp³-hybridized carbons (Fsp3) is 0.348. The SMILES string of the molecule is Cc1cnc(Nc2cnn(C3CCOC(C)C3)c2)nc1-c1ccc(C(N)=O)c(CC#N)c1. The Balaban J connectivity index is 1.58. The molecule has 1 aliphatic rings. The van der Waals surface area contributed by atoms with Gasteiger partial charge in [-0.3, -0.25) is 9.48 Å². The number of amides is 1. The van der Waals surface area contributed by atoms with Crippen molar-refractivity contribution in [3.05, 3.63) is 53.5 Å². The predicted molar refractivity (Wildman–Crippen MR) is 119 cm³/mol. The molecule has 3 heterocycles. The first-order valence-electron chi connectivity index (χ1n) is 10.5. The lowest BCUT2D eigenvalue weighted by atomic mass is 9.98. The summed E-state index contributed by atoms with van der Waals surface area (Å²) in [6, 6.07) is 7.59. The molecule has 2 unspecified atom stereocenters. The van der Waals surface area contributed by atoms with Crippen LogP contribution in [0.2, 0.25) is 0 Å². The normalized spacial score (nSPS) is 18.2. The highest BCUT2D eigenvalue weighted by molar-refractivity contribution is 5.95. The van der Waals surface area contributed by atoms with Gasteiger partial charge >= 0.3 is 0 Å². The molecule has 1 aromatic carbocycles. The molecule has 2 atom stereocenters. The second kappa shape index (κ2) is 9.16. The molecule has 9 heteroatoms. The van der Waals surface area contributed by atoms with Crippen molar-refractivity contribution in [2.45, 2.75) is 45.3 Å². The quantitative estimate of drug-likeness (QED) is 0.612. The van der Waals surface area contributed by atoms with Crippen LogP contribution >= 0.6 is 0 Å². The van der Waals surface area contributed by atoms with Gasteiger partial charge in [-0.25, -0.2) is 9.97 Å². The van der Waals surface area contributed by atoms with Crippen LogP contribution in [0.3, 0.4) is 0 Å². The second-order valence-electron chi connectivity index (χ2n) is 7.99. The van der Waals surface area contributed by atoms with Gasteiger partial charge in [0, 0.05) is 30.1 Å². The Labute approximate surface area is 186 Å². The van der Waals surface area contributed by atoms with Crippen LogP contribution in [-0.2, 0) is 11.2 Å². The fourth-order valence-corrected chi connectivity index (χ4v) is 3.95. The number of aromatic nitrogens is 4. The van der Waals surface area contributed by atoms with Gasteiger partial charge in [-0.2, -0.15) is 10.4 Å². The van der Waals surface area contributed by atoms with E-state index >= 15 is 0 Å². The molecule has 3 N–H and O–H groups in total. The number of nitrogens with zero attached hydrogens (tertiary/aromatic N) is 5. The number of aryl methyl sites for hydroxylation is 1. The Morgan fingerprint density at radius 1 is 1.41 bits per heavy atom. The van der Waals surface area contributed by atoms with Crippen LogP contribution in [0.15, 0.2) is 36.8 Å². The van der Waals surface area contributed by atoms with Gasteiger partial charge in [0.05, 0.1) is 42.2 Å². The topological polar surface area (TPSA) is 132 Å². The van der Waals surface area contributed by atoms with Crippen molar-refractivity contribution in [1.29, 1.82) is 5.26 Å². The lowest BCUT2D eigenvalue weighted by Gasteiger charge is -2.27. The maximum absolute atomic E-state index is 11.7. The number of benzene rings is 1. The van der Waals surface area contributed by atoms with Gasteiger partial charge in [-0.1, -0.05) is 6.07 Å². The second-order valence-corrected chi connectivity index (χ2v) is 7.99. The minimum atomic E-state index is -0.556. The Bertz CT molecular complexity index is 1180. The molecule has 0 aliphatic carbocycles. The van der Waals surface area contributed by atoms with Crippen molar-refractivity contribution in [2.75, 3.05) is 11.9 Å². The first kappa shape index (κ1) is 21.5. The number of nitrogens with one attached hydrogen (secondary N) is 1. The predicted octanol–water partition coefficient (Wildman–Crippen LogP) is 3.30. The fourth-order valence-electron chi connectivity index (χ4n) is 3.95. The number of hydrogen-bond acceptors (Lipinski definition) is 7. The standard InChI is InChI=1S/C23H25N7O2/c1-14-11-26-23(28-18-12-27-30(13-18)19-6-8-32-15(2)9-19)29-21(14)17-3-4-20(22(25)31)16(10-17)5-7-24/h3-4,10-13,15,19H,5-6,8-9H2,1-2H3,(H2,25,31)(H,26,28,29). The monoisotopic (exact) mass is 431 g/mol. The van der Waals surface area contributed by atoms with Crippen LogP contribution in [0.5, 0.6) is 0 Å². The van der Waals surface area contributed by atoms with E-state index < -0.39 is 5.91 Å². The first-order chi connectivity index (χ1) is 15.4. The van der Waals surface area contributed by atoms with Gasteiger partial charge in [0.2, 0.25) is 11.9 Å². The molecule has 2 aromatic heterocycles. The van der Waals surface area contributed by atoms with Crippen LogP contribution < -0.4 is 11.1 Å². The molecule has 1 fully saturated rings. The summed E-state index contributed by atoms with van der Waals surface area (Å²) in [7, 11) is 0. The van der Waals surface area contributed by atoms with E-state index in [4.69, 9.17) is 15.7 Å². The van der Waals surface area contributed by atoms with Crippen molar-refractivity contribution in [2.24, 2.45) is 5.73 Å². The van der Waals surface area contributed by atoms with E-state index in [0.717, 1.165) is 36.3 Å². The van der Waals surface area contributed by atoms with Crippen molar-refractivity contribution in [3.63, 3.8) is 0 Å². The Morgan fingerprint density at radius 2 is 2.25 bits per heavy atom. The molecule has 0 radical (unpaired) electrons. The molecule has 0 saturated carbocycles. The third kappa shape index (κ3) is 4.60. The number of nitriles is 1. The average molecular weight is 432 g/mol. The zero-order chi connectivity index (χ0) is 22.7. The van der Waals surface area contributed by atoms with Gasteiger partial charge in [-0.15, -0.1) is 0 Å². The van der Waals surface area contributed by atoms with E-state index in [0.29, 0.717) is 28.8 Å². The highest BCUT2D eigenvalue weighted by Crippen LogP contribution is 2.28. The summed E-state index contributed by atoms with van der Waals surface area (Å²) in [5, 5.41) is 16.8. The van der Waals surface area contributed by atoms with E-state index in [2.05, 4.69) is 33.4 Å². The van der Waals surface area contributed by atoms with Gasteiger partial charge in [0.15, 0.2) is 0 Å². The van der Waals surface area contributed by atoms with Crippen LogP contribution in [0.4, 0.5) is 11.6 Å². The average Bonchev–Trinajstić information content (AvgIpc) is 3.24. The van der Waals surface area contributed by atoms with Crippen molar-refractivity contribution >= 4 is 17.5 Å². The Hall–Kier alpha value is -3.77. The molecule has 1 amide bonds. The van der Waals surface area contributed by atoms with Gasteiger partial charge in [0.1, 0.15) is 0 Å². The number of ether oxygens (including phenoxy) is 1. The zero-order valence-electron chi connectivity index (χ0n) is 18.1. The van der Waals surface area contributed by atoms with Crippen LogP contribution in [0, 0.1) is 18.3 Å². The Kier molecular flexibility index (Phi) is 6.14. The lowest BCUT2D eigenvalue weighted by Crippen LogP contribution is -2.25. The number of anilines is 2. The van der Waals surface area contributed by atoms with E-state index in [1.165, 1.54) is 0 Å². The number of nitrogens with two attached hydrogens (primary N) is 1. The number of rotatable bonds is 6. The smallest absolute Gasteiger partial charge is 0.249 e. The van der Waals surface area contributed by atoms with Crippen LogP contribution in [0.1, 0.15) is 47.3 Å². The van der Waals surface area contributed by atoms with Gasteiger partial charge < -0.3 is 15.8 Å². The van der Waals surface area contributed by atoms with Crippen molar-refractivity contribution in [1.82, 2.24) is 19.7 Å². The molecule has 9 nitrogen and oxygen atoms in total. The minimum Gasteiger partial charge on any atom is -0.378 e. The molecule has 0 bridgehead atoms. The maximum Gasteiger partial charge on any atom is 0.249 e. The number of primary amides is 1. The summed E-state index contributed by atoms with van der Waals surface area (Å²) >= 11 is 0. The molecular weight excluding hydrogens is 406 g/mol. The third-order valence-corrected chi connectivity index (χ3v) is 5.57. The first-order valence-corrected chi connectivity index (χ1v) is 10.5. The van der Waals surface area contributed by atoms with E-state index in [1.54, 1.807) is 30.6 Å². The number of carbonyl (C=O) groups excluding carboxylic acids is 1. The minimum absolute atomic E-state index is 0.0887. The van der Waals surface area contributed by atoms with Gasteiger partial charge in [-0.05, 0) is 49.9 Å². The highest BCUT2D eigenvalue weighted by atomic mass is 16.5. The van der Waals surface area contributed by atoms with Crippen molar-refractivity contribution in [3.8, 4) is 17.3 Å². The summed E-state index contributed by atoms with van der Waals surface area (Å²) in [5.74, 6) is -0.120. The van der Waals surface area contributed by atoms with Crippen LogP contribution in [0.25, 0.3) is 11.3 Å². The molecule has 4 rings (SSSR count). The van der Waals surface area contributed by atoms with E-state index in [9.17, 15) is 4.79 Å². The summed E-state index contributed by atoms with van der Waals surface area (Å²) in [6.07, 6.45) is 7.63. The molecule has 1 saturated heterocycles. The summed E-state index contributed by atoms with van der Waals surface area (Å²) < 4.78 is 7.59. The largest absolute Gasteiger partial charge is 0.378 e.